The second-order valence-corrected chi connectivity index (χ2v) is 10.5. The summed E-state index contributed by atoms with van der Waals surface area (Å²) < 4.78 is 1.90. The molecule has 2 aromatic heterocycles. The van der Waals surface area contributed by atoms with E-state index >= 15 is 0 Å². The van der Waals surface area contributed by atoms with E-state index in [0.29, 0.717) is 33.4 Å². The molecule has 0 aliphatic heterocycles. The van der Waals surface area contributed by atoms with Gasteiger partial charge in [-0.2, -0.15) is 5.10 Å². The molecule has 0 amide bonds. The summed E-state index contributed by atoms with van der Waals surface area (Å²) in [4.78, 5) is 17.4. The molecule has 3 aliphatic carbocycles. The van der Waals surface area contributed by atoms with Crippen molar-refractivity contribution in [2.45, 2.75) is 52.7 Å². The lowest BCUT2D eigenvalue weighted by molar-refractivity contribution is -0.105. The fourth-order valence-electron chi connectivity index (χ4n) is 5.11. The molecule has 2 bridgehead atoms. The molecule has 0 spiro atoms. The summed E-state index contributed by atoms with van der Waals surface area (Å²) in [5.41, 5.74) is 2.11. The first kappa shape index (κ1) is 21.4. The molecular weight excluding hydrogens is 462 g/mol. The Labute approximate surface area is 191 Å². The van der Waals surface area contributed by atoms with Gasteiger partial charge in [0.2, 0.25) is 0 Å². The van der Waals surface area contributed by atoms with Crippen molar-refractivity contribution in [3.8, 4) is 0 Å². The van der Waals surface area contributed by atoms with E-state index in [9.17, 15) is 4.79 Å². The second-order valence-electron chi connectivity index (χ2n) is 9.17. The van der Waals surface area contributed by atoms with Gasteiger partial charge in [-0.05, 0) is 69.6 Å². The van der Waals surface area contributed by atoms with E-state index in [0.717, 1.165) is 29.5 Å². The molecule has 4 atom stereocenters. The monoisotopic (exact) mass is 489 g/mol. The number of pyridine rings is 1. The minimum absolute atomic E-state index is 0.179. The lowest BCUT2D eigenvalue weighted by Gasteiger charge is -2.62. The first-order valence-electron chi connectivity index (χ1n) is 10.4. The van der Waals surface area contributed by atoms with Gasteiger partial charge in [0.25, 0.3) is 5.56 Å². The minimum Gasteiger partial charge on any atom is -0.380 e. The van der Waals surface area contributed by atoms with Gasteiger partial charge in [-0.15, -0.1) is 0 Å². The Morgan fingerprint density at radius 2 is 2.07 bits per heavy atom. The fraction of sp³-hybridized carbons (Fsp3) is 0.545. The number of hydrogen-bond donors (Lipinski definition) is 2. The zero-order chi connectivity index (χ0) is 21.5. The van der Waals surface area contributed by atoms with Crippen molar-refractivity contribution in [3.05, 3.63) is 51.1 Å². The van der Waals surface area contributed by atoms with E-state index in [1.54, 1.807) is 18.6 Å². The Morgan fingerprint density at radius 1 is 1.33 bits per heavy atom. The number of rotatable bonds is 6. The number of anilines is 1. The van der Waals surface area contributed by atoms with Crippen LogP contribution in [-0.4, -0.2) is 25.8 Å². The first-order valence-corrected chi connectivity index (χ1v) is 11.6. The number of nitrogens with one attached hydrogen (secondary N) is 2. The zero-order valence-electron chi connectivity index (χ0n) is 17.6. The third kappa shape index (κ3) is 4.04. The van der Waals surface area contributed by atoms with Crippen molar-refractivity contribution in [2.24, 2.45) is 23.2 Å². The van der Waals surface area contributed by atoms with Crippen molar-refractivity contribution in [1.82, 2.24) is 20.1 Å². The predicted molar refractivity (Wildman–Crippen MR) is 126 cm³/mol. The smallest absolute Gasteiger partial charge is 0.283 e. The summed E-state index contributed by atoms with van der Waals surface area (Å²) in [6, 6.07) is 4.22. The van der Waals surface area contributed by atoms with Crippen LogP contribution < -0.4 is 16.2 Å². The van der Waals surface area contributed by atoms with Crippen molar-refractivity contribution < 1.29 is 0 Å². The van der Waals surface area contributed by atoms with Gasteiger partial charge in [0, 0.05) is 25.0 Å². The molecule has 5 rings (SSSR count). The molecule has 2 heterocycles. The minimum atomic E-state index is -0.179. The zero-order valence-corrected chi connectivity index (χ0v) is 20.0. The maximum Gasteiger partial charge on any atom is 0.283 e. The van der Waals surface area contributed by atoms with Gasteiger partial charge in [-0.3, -0.25) is 9.78 Å². The van der Waals surface area contributed by atoms with Gasteiger partial charge in [0.15, 0.2) is 0 Å². The predicted octanol–water partition coefficient (Wildman–Crippen LogP) is 4.00. The topological polar surface area (TPSA) is 71.8 Å². The molecule has 160 valence electrons. The summed E-state index contributed by atoms with van der Waals surface area (Å²) in [7, 11) is 0. The number of thiocarbonyl (C=S) groups is 1. The average molecular weight is 490 g/mol. The Bertz CT molecular complexity index is 993. The molecule has 0 saturated heterocycles. The lowest BCUT2D eigenvalue weighted by atomic mass is 9.45. The molecule has 3 saturated carbocycles. The third-order valence-electron chi connectivity index (χ3n) is 7.21. The van der Waals surface area contributed by atoms with Gasteiger partial charge in [-0.1, -0.05) is 33.0 Å². The van der Waals surface area contributed by atoms with Crippen LogP contribution in [0, 0.1) is 23.2 Å². The van der Waals surface area contributed by atoms with Crippen molar-refractivity contribution in [3.63, 3.8) is 0 Å². The number of halogens is 1. The average Bonchev–Trinajstić information content (AvgIpc) is 2.73. The van der Waals surface area contributed by atoms with Gasteiger partial charge < -0.3 is 10.6 Å². The van der Waals surface area contributed by atoms with Gasteiger partial charge in [-0.25, -0.2) is 4.68 Å². The van der Waals surface area contributed by atoms with Crippen LogP contribution in [0.5, 0.6) is 0 Å². The van der Waals surface area contributed by atoms with Crippen LogP contribution in [0.1, 0.15) is 39.2 Å². The van der Waals surface area contributed by atoms with Crippen LogP contribution in [0.25, 0.3) is 0 Å². The molecule has 3 aliphatic rings. The van der Waals surface area contributed by atoms with E-state index in [-0.39, 0.29) is 12.1 Å². The molecule has 3 fully saturated rings. The second kappa shape index (κ2) is 8.38. The molecule has 0 unspecified atom stereocenters. The number of hydrogen-bond acceptors (Lipinski definition) is 5. The summed E-state index contributed by atoms with van der Waals surface area (Å²) in [5, 5.41) is 11.1. The lowest BCUT2D eigenvalue weighted by Crippen LogP contribution is -2.58. The van der Waals surface area contributed by atoms with E-state index < -0.39 is 0 Å². The molecule has 6 nitrogen and oxygen atoms in total. The number of nitrogens with zero attached hydrogens (tertiary/aromatic N) is 3. The van der Waals surface area contributed by atoms with Crippen LogP contribution in [0.4, 0.5) is 5.69 Å². The molecule has 0 aromatic carbocycles. The molecular formula is C22H28BrN5OS. The van der Waals surface area contributed by atoms with E-state index in [1.165, 1.54) is 11.1 Å². The number of aromatic nitrogens is 3. The molecule has 0 radical (unpaired) electrons. The highest BCUT2D eigenvalue weighted by atomic mass is 79.9. The van der Waals surface area contributed by atoms with Gasteiger partial charge in [0.05, 0.1) is 23.4 Å². The summed E-state index contributed by atoms with van der Waals surface area (Å²) in [6.07, 6.45) is 7.69. The highest BCUT2D eigenvalue weighted by molar-refractivity contribution is 9.10. The Morgan fingerprint density at radius 3 is 2.73 bits per heavy atom. The van der Waals surface area contributed by atoms with Crippen LogP contribution in [0.3, 0.4) is 0 Å². The quantitative estimate of drug-likeness (QED) is 0.597. The Hall–Kier alpha value is -1.80. The van der Waals surface area contributed by atoms with Crippen LogP contribution in [0.2, 0.25) is 0 Å². The maximum absolute atomic E-state index is 12.8. The van der Waals surface area contributed by atoms with Crippen LogP contribution >= 0.6 is 28.1 Å². The number of fused-ring (bicyclic) bond motifs is 2. The van der Waals surface area contributed by atoms with Gasteiger partial charge >= 0.3 is 0 Å². The van der Waals surface area contributed by atoms with Crippen molar-refractivity contribution >= 4 is 38.8 Å². The third-order valence-corrected chi connectivity index (χ3v) is 8.25. The SMILES string of the molecule is C[C@H]1[C@H](Nc2cnn(CC(=S)NCc3ccncc3)c(=O)c2Br)C[C@H]2C[C@@H]1C2(C)C. The summed E-state index contributed by atoms with van der Waals surface area (Å²) in [5.74, 6) is 2.07. The van der Waals surface area contributed by atoms with Crippen LogP contribution in [0.15, 0.2) is 40.0 Å². The fourth-order valence-corrected chi connectivity index (χ4v) is 5.73. The Kier molecular flexibility index (Phi) is 5.99. The molecule has 2 N–H and O–H groups in total. The normalized spacial score (nSPS) is 26.5. The van der Waals surface area contributed by atoms with E-state index in [1.807, 2.05) is 12.1 Å². The van der Waals surface area contributed by atoms with E-state index in [4.69, 9.17) is 12.2 Å². The summed E-state index contributed by atoms with van der Waals surface area (Å²) >= 11 is 8.88. The standard InChI is InChI=1S/C22H28BrN5OS/c1-13-16-8-15(22(16,2)3)9-17(13)27-18-11-26-28(21(29)20(18)23)12-19(30)25-10-14-4-6-24-7-5-14/h4-7,11,13,15-17,27H,8-10,12H2,1-3H3,(H,25,30)/t13-,15-,16+,17-/m1/s1. The highest BCUT2D eigenvalue weighted by Gasteiger charge is 2.56. The van der Waals surface area contributed by atoms with Gasteiger partial charge in [0.1, 0.15) is 4.47 Å². The van der Waals surface area contributed by atoms with E-state index in [2.05, 4.69) is 57.4 Å². The Balaban J connectivity index is 1.39. The molecule has 8 heteroatoms. The molecule has 30 heavy (non-hydrogen) atoms. The van der Waals surface area contributed by atoms with Crippen molar-refractivity contribution in [2.75, 3.05) is 5.32 Å². The van der Waals surface area contributed by atoms with Crippen LogP contribution in [-0.2, 0) is 13.1 Å². The first-order chi connectivity index (χ1) is 14.3. The largest absolute Gasteiger partial charge is 0.380 e. The van der Waals surface area contributed by atoms with Crippen molar-refractivity contribution in [1.29, 1.82) is 0 Å². The highest BCUT2D eigenvalue weighted by Crippen LogP contribution is 2.61. The maximum atomic E-state index is 12.8. The summed E-state index contributed by atoms with van der Waals surface area (Å²) in [6.45, 7) is 7.95. The molecule has 2 aromatic rings.